The minimum Gasteiger partial charge on any atom is -0.452 e. The van der Waals surface area contributed by atoms with Crippen LogP contribution in [0.2, 0.25) is 0 Å². The van der Waals surface area contributed by atoms with E-state index >= 15 is 0 Å². The van der Waals surface area contributed by atoms with Gasteiger partial charge in [0, 0.05) is 11.4 Å². The topological polar surface area (TPSA) is 108 Å². The van der Waals surface area contributed by atoms with Crippen LogP contribution in [-0.2, 0) is 9.53 Å². The van der Waals surface area contributed by atoms with Crippen LogP contribution in [-0.4, -0.2) is 23.1 Å². The zero-order valence-corrected chi connectivity index (χ0v) is 16.5. The van der Waals surface area contributed by atoms with E-state index in [0.29, 0.717) is 16.9 Å². The number of carbonyl (C=O) groups excluding carboxylic acids is 2. The third-order valence-electron chi connectivity index (χ3n) is 4.68. The van der Waals surface area contributed by atoms with Gasteiger partial charge in [0.25, 0.3) is 5.91 Å². The third-order valence-corrected chi connectivity index (χ3v) is 4.68. The summed E-state index contributed by atoms with van der Waals surface area (Å²) in [6.45, 7) is 3.17. The summed E-state index contributed by atoms with van der Waals surface area (Å²) in [7, 11) is 0. The number of para-hydroxylation sites is 1. The van der Waals surface area contributed by atoms with Crippen LogP contribution in [0.3, 0.4) is 0 Å². The summed E-state index contributed by atoms with van der Waals surface area (Å²) in [5, 5.41) is 21.1. The van der Waals surface area contributed by atoms with Gasteiger partial charge in [-0.1, -0.05) is 18.2 Å². The van der Waals surface area contributed by atoms with Crippen LogP contribution in [0.4, 0.5) is 5.82 Å². The van der Waals surface area contributed by atoms with E-state index in [4.69, 9.17) is 10.00 Å². The van der Waals surface area contributed by atoms with Crippen LogP contribution in [0.1, 0.15) is 32.7 Å². The molecule has 2 aromatic carbocycles. The lowest BCUT2D eigenvalue weighted by Gasteiger charge is -2.13. The lowest BCUT2D eigenvalue weighted by atomic mass is 10.1. The molecular formula is C23H18N4O3. The van der Waals surface area contributed by atoms with Crippen LogP contribution in [0.5, 0.6) is 0 Å². The molecule has 0 aliphatic carbocycles. The van der Waals surface area contributed by atoms with Gasteiger partial charge in [-0.25, -0.2) is 4.79 Å². The minimum atomic E-state index is -0.680. The number of aromatic nitrogens is 1. The molecule has 3 rings (SSSR count). The van der Waals surface area contributed by atoms with Crippen molar-refractivity contribution in [1.29, 1.82) is 10.5 Å². The van der Waals surface area contributed by atoms with Crippen molar-refractivity contribution in [3.63, 3.8) is 0 Å². The Bertz CT molecular complexity index is 1180. The first-order valence-corrected chi connectivity index (χ1v) is 9.10. The third kappa shape index (κ3) is 4.06. The molecule has 0 bridgehead atoms. The Hall–Kier alpha value is -4.36. The molecule has 1 amide bonds. The Labute approximate surface area is 173 Å². The van der Waals surface area contributed by atoms with Crippen molar-refractivity contribution in [1.82, 2.24) is 4.57 Å². The number of esters is 1. The van der Waals surface area contributed by atoms with E-state index < -0.39 is 18.5 Å². The van der Waals surface area contributed by atoms with Gasteiger partial charge in [-0.3, -0.25) is 9.36 Å². The summed E-state index contributed by atoms with van der Waals surface area (Å²) in [4.78, 5) is 24.6. The van der Waals surface area contributed by atoms with Crippen molar-refractivity contribution in [2.45, 2.75) is 13.8 Å². The second-order valence-electron chi connectivity index (χ2n) is 6.53. The SMILES string of the molecule is Cc1c(C#N)c(NC(=O)COC(=O)c2ccc(C#N)cc2)n(-c2ccccc2)c1C. The first-order valence-electron chi connectivity index (χ1n) is 9.10. The normalized spacial score (nSPS) is 10.0. The molecule has 0 atom stereocenters. The molecule has 3 aromatic rings. The molecule has 148 valence electrons. The summed E-state index contributed by atoms with van der Waals surface area (Å²) in [6, 6.07) is 19.3. The minimum absolute atomic E-state index is 0.235. The maximum absolute atomic E-state index is 12.5. The molecule has 1 heterocycles. The van der Waals surface area contributed by atoms with E-state index in [2.05, 4.69) is 11.4 Å². The number of amides is 1. The Balaban J connectivity index is 1.78. The fourth-order valence-corrected chi connectivity index (χ4v) is 3.02. The van der Waals surface area contributed by atoms with Gasteiger partial charge in [0.15, 0.2) is 6.61 Å². The Morgan fingerprint density at radius 1 is 1.00 bits per heavy atom. The summed E-state index contributed by atoms with van der Waals surface area (Å²) in [5.41, 5.74) is 3.38. The molecule has 30 heavy (non-hydrogen) atoms. The molecular weight excluding hydrogens is 380 g/mol. The molecule has 0 radical (unpaired) electrons. The summed E-state index contributed by atoms with van der Waals surface area (Å²) >= 11 is 0. The highest BCUT2D eigenvalue weighted by Crippen LogP contribution is 2.29. The zero-order valence-electron chi connectivity index (χ0n) is 16.5. The molecule has 0 unspecified atom stereocenters. The number of hydrogen-bond donors (Lipinski definition) is 1. The summed E-state index contributed by atoms with van der Waals surface area (Å²) in [5.74, 6) is -0.915. The maximum Gasteiger partial charge on any atom is 0.338 e. The van der Waals surface area contributed by atoms with Crippen molar-refractivity contribution in [3.05, 3.63) is 82.5 Å². The van der Waals surface area contributed by atoms with Crippen molar-refractivity contribution in [3.8, 4) is 17.8 Å². The number of benzene rings is 2. The molecule has 0 saturated carbocycles. The fourth-order valence-electron chi connectivity index (χ4n) is 3.02. The van der Waals surface area contributed by atoms with Gasteiger partial charge in [0.05, 0.1) is 22.8 Å². The molecule has 0 aliphatic rings. The van der Waals surface area contributed by atoms with E-state index in [1.54, 1.807) is 4.57 Å². The van der Waals surface area contributed by atoms with E-state index in [-0.39, 0.29) is 5.56 Å². The molecule has 1 N–H and O–H groups in total. The van der Waals surface area contributed by atoms with E-state index in [9.17, 15) is 14.9 Å². The maximum atomic E-state index is 12.5. The average Bonchev–Trinajstić information content (AvgIpc) is 3.01. The van der Waals surface area contributed by atoms with Gasteiger partial charge in [-0.2, -0.15) is 10.5 Å². The second-order valence-corrected chi connectivity index (χ2v) is 6.53. The molecule has 7 heteroatoms. The largest absolute Gasteiger partial charge is 0.452 e. The number of nitriles is 2. The van der Waals surface area contributed by atoms with Crippen LogP contribution in [0.25, 0.3) is 5.69 Å². The Morgan fingerprint density at radius 2 is 1.67 bits per heavy atom. The Kier molecular flexibility index (Phi) is 5.95. The predicted molar refractivity (Wildman–Crippen MR) is 110 cm³/mol. The van der Waals surface area contributed by atoms with Crippen LogP contribution in [0.15, 0.2) is 54.6 Å². The van der Waals surface area contributed by atoms with Gasteiger partial charge >= 0.3 is 5.97 Å². The van der Waals surface area contributed by atoms with E-state index in [1.165, 1.54) is 24.3 Å². The van der Waals surface area contributed by atoms with E-state index in [1.807, 2.05) is 50.2 Å². The predicted octanol–water partition coefficient (Wildman–Crippen LogP) is 3.63. The number of carbonyl (C=O) groups is 2. The van der Waals surface area contributed by atoms with Crippen molar-refractivity contribution in [2.75, 3.05) is 11.9 Å². The molecule has 1 aromatic heterocycles. The van der Waals surface area contributed by atoms with E-state index in [0.717, 1.165) is 16.9 Å². The highest BCUT2D eigenvalue weighted by molar-refractivity contribution is 5.96. The molecule has 0 fully saturated rings. The van der Waals surface area contributed by atoms with Gasteiger partial charge in [-0.15, -0.1) is 0 Å². The highest BCUT2D eigenvalue weighted by atomic mass is 16.5. The lowest BCUT2D eigenvalue weighted by molar-refractivity contribution is -0.119. The molecule has 7 nitrogen and oxygen atoms in total. The highest BCUT2D eigenvalue weighted by Gasteiger charge is 2.21. The smallest absolute Gasteiger partial charge is 0.338 e. The number of nitrogens with zero attached hydrogens (tertiary/aromatic N) is 3. The number of hydrogen-bond acceptors (Lipinski definition) is 5. The first-order chi connectivity index (χ1) is 14.5. The standard InChI is InChI=1S/C23H18N4O3/c1-15-16(2)27(19-6-4-3-5-7-19)22(20(15)13-25)26-21(28)14-30-23(29)18-10-8-17(12-24)9-11-18/h3-11H,14H2,1-2H3,(H,26,28). The van der Waals surface area contributed by atoms with Gasteiger partial charge in [0.1, 0.15) is 11.9 Å². The monoisotopic (exact) mass is 398 g/mol. The number of nitrogens with one attached hydrogen (secondary N) is 1. The van der Waals surface area contributed by atoms with Crippen molar-refractivity contribution < 1.29 is 14.3 Å². The fraction of sp³-hybridized carbons (Fsp3) is 0.130. The quantitative estimate of drug-likeness (QED) is 0.660. The average molecular weight is 398 g/mol. The van der Waals surface area contributed by atoms with Crippen molar-refractivity contribution in [2.24, 2.45) is 0 Å². The summed E-state index contributed by atoms with van der Waals surface area (Å²) < 4.78 is 6.85. The molecule has 0 saturated heterocycles. The molecule has 0 spiro atoms. The second kappa shape index (κ2) is 8.76. The molecule has 0 aliphatic heterocycles. The van der Waals surface area contributed by atoms with Crippen molar-refractivity contribution >= 4 is 17.7 Å². The number of rotatable bonds is 5. The van der Waals surface area contributed by atoms with Crippen LogP contribution in [0, 0.1) is 36.5 Å². The lowest BCUT2D eigenvalue weighted by Crippen LogP contribution is -2.22. The number of anilines is 1. The van der Waals surface area contributed by atoms with Gasteiger partial charge in [0.2, 0.25) is 0 Å². The number of ether oxygens (including phenoxy) is 1. The first kappa shape index (κ1) is 20.4. The zero-order chi connectivity index (χ0) is 21.7. The van der Waals surface area contributed by atoms with Gasteiger partial charge < -0.3 is 10.1 Å². The van der Waals surface area contributed by atoms with Gasteiger partial charge in [-0.05, 0) is 55.8 Å². The van der Waals surface area contributed by atoms with Crippen LogP contribution >= 0.6 is 0 Å². The summed E-state index contributed by atoms with van der Waals surface area (Å²) in [6.07, 6.45) is 0. The Morgan fingerprint density at radius 3 is 2.27 bits per heavy atom. The van der Waals surface area contributed by atoms with Crippen LogP contribution < -0.4 is 5.32 Å².